The van der Waals surface area contributed by atoms with E-state index in [4.69, 9.17) is 16.3 Å². The Hall–Kier alpha value is -1.67. The molecule has 0 aliphatic heterocycles. The summed E-state index contributed by atoms with van der Waals surface area (Å²) in [6.45, 7) is 0. The second-order valence-corrected chi connectivity index (χ2v) is 3.77. The summed E-state index contributed by atoms with van der Waals surface area (Å²) in [7, 11) is 1.63. The Balaban J connectivity index is 2.54. The molecule has 82 valence electrons. The Kier molecular flexibility index (Phi) is 3.02. The zero-order valence-electron chi connectivity index (χ0n) is 8.77. The second-order valence-electron chi connectivity index (χ2n) is 3.37. The molecule has 0 spiro atoms. The van der Waals surface area contributed by atoms with Crippen molar-refractivity contribution in [2.24, 2.45) is 0 Å². The van der Waals surface area contributed by atoms with Crippen LogP contribution < -0.4 is 4.74 Å². The zero-order chi connectivity index (χ0) is 11.5. The van der Waals surface area contributed by atoms with E-state index in [2.05, 4.69) is 0 Å². The molecule has 2 aromatic carbocycles. The first-order chi connectivity index (χ1) is 7.72. The molecule has 0 radical (unpaired) electrons. The molecule has 0 amide bonds. The molecular weight excluding hydrogens is 224 g/mol. The van der Waals surface area contributed by atoms with Gasteiger partial charge in [0.05, 0.1) is 12.1 Å². The molecule has 2 nitrogen and oxygen atoms in total. The smallest absolute Gasteiger partial charge is 0.134 e. The number of phenolic OH excluding ortho intramolecular Hbond substituents is 1. The summed E-state index contributed by atoms with van der Waals surface area (Å²) in [5, 5.41) is 9.69. The lowest BCUT2D eigenvalue weighted by Gasteiger charge is -2.08. The quantitative estimate of drug-likeness (QED) is 0.858. The predicted octanol–water partition coefficient (Wildman–Crippen LogP) is 3.72. The molecular formula is C13H11ClO2. The third kappa shape index (κ3) is 1.97. The van der Waals surface area contributed by atoms with Gasteiger partial charge in [-0.25, -0.2) is 0 Å². The number of methoxy groups -OCH3 is 1. The van der Waals surface area contributed by atoms with Crippen LogP contribution in [-0.4, -0.2) is 12.2 Å². The fraction of sp³-hybridized carbons (Fsp3) is 0.0769. The standard InChI is InChI=1S/C13H11ClO2/c1-16-13-5-3-2-4-10(13)9-6-7-12(15)11(14)8-9/h2-8,15H,1H3. The number of hydrogen-bond acceptors (Lipinski definition) is 2. The highest BCUT2D eigenvalue weighted by atomic mass is 35.5. The van der Waals surface area contributed by atoms with Crippen LogP contribution in [0.2, 0.25) is 5.02 Å². The molecule has 0 fully saturated rings. The summed E-state index contributed by atoms with van der Waals surface area (Å²) in [6.07, 6.45) is 0. The molecule has 0 bridgehead atoms. The second kappa shape index (κ2) is 4.45. The van der Waals surface area contributed by atoms with E-state index < -0.39 is 0 Å². The van der Waals surface area contributed by atoms with Crippen molar-refractivity contribution in [3.8, 4) is 22.6 Å². The van der Waals surface area contributed by atoms with Gasteiger partial charge in [-0.1, -0.05) is 35.9 Å². The Labute approximate surface area is 99.1 Å². The fourth-order valence-corrected chi connectivity index (χ4v) is 1.74. The lowest BCUT2D eigenvalue weighted by molar-refractivity contribution is 0.416. The molecule has 0 heterocycles. The molecule has 1 N–H and O–H groups in total. The minimum atomic E-state index is 0.0836. The van der Waals surface area contributed by atoms with E-state index in [0.717, 1.165) is 16.9 Å². The van der Waals surface area contributed by atoms with Gasteiger partial charge in [-0.05, 0) is 23.8 Å². The van der Waals surface area contributed by atoms with Crippen molar-refractivity contribution in [3.05, 3.63) is 47.5 Å². The van der Waals surface area contributed by atoms with Gasteiger partial charge in [-0.2, -0.15) is 0 Å². The molecule has 0 saturated carbocycles. The summed E-state index contributed by atoms with van der Waals surface area (Å²) in [6, 6.07) is 12.8. The molecule has 0 aliphatic carbocycles. The van der Waals surface area contributed by atoms with Crippen LogP contribution in [0.15, 0.2) is 42.5 Å². The summed E-state index contributed by atoms with van der Waals surface area (Å²) >= 11 is 5.87. The lowest BCUT2D eigenvalue weighted by Crippen LogP contribution is -1.87. The maximum absolute atomic E-state index is 9.35. The van der Waals surface area contributed by atoms with Gasteiger partial charge >= 0.3 is 0 Å². The van der Waals surface area contributed by atoms with Crippen molar-refractivity contribution in [3.63, 3.8) is 0 Å². The number of ether oxygens (including phenoxy) is 1. The van der Waals surface area contributed by atoms with Gasteiger partial charge in [0.15, 0.2) is 0 Å². The monoisotopic (exact) mass is 234 g/mol. The minimum absolute atomic E-state index is 0.0836. The van der Waals surface area contributed by atoms with E-state index in [1.807, 2.05) is 24.3 Å². The van der Waals surface area contributed by atoms with Crippen molar-refractivity contribution < 1.29 is 9.84 Å². The van der Waals surface area contributed by atoms with Gasteiger partial charge in [0.25, 0.3) is 0 Å². The van der Waals surface area contributed by atoms with Crippen LogP contribution in [0.1, 0.15) is 0 Å². The first-order valence-corrected chi connectivity index (χ1v) is 5.22. The number of para-hydroxylation sites is 1. The van der Waals surface area contributed by atoms with Crippen LogP contribution >= 0.6 is 11.6 Å². The van der Waals surface area contributed by atoms with Gasteiger partial charge < -0.3 is 9.84 Å². The van der Waals surface area contributed by atoms with Gasteiger partial charge in [-0.3, -0.25) is 0 Å². The largest absolute Gasteiger partial charge is 0.506 e. The normalized spacial score (nSPS) is 10.1. The van der Waals surface area contributed by atoms with Crippen LogP contribution in [0.4, 0.5) is 0 Å². The van der Waals surface area contributed by atoms with E-state index in [1.54, 1.807) is 25.3 Å². The highest BCUT2D eigenvalue weighted by Crippen LogP contribution is 2.34. The lowest BCUT2D eigenvalue weighted by atomic mass is 10.0. The van der Waals surface area contributed by atoms with Crippen molar-refractivity contribution in [2.45, 2.75) is 0 Å². The molecule has 16 heavy (non-hydrogen) atoms. The van der Waals surface area contributed by atoms with E-state index in [1.165, 1.54) is 0 Å². The molecule has 0 aliphatic rings. The Bertz CT molecular complexity index is 509. The van der Waals surface area contributed by atoms with E-state index in [0.29, 0.717) is 5.02 Å². The Morgan fingerprint density at radius 2 is 1.88 bits per heavy atom. The summed E-state index contributed by atoms with van der Waals surface area (Å²) in [5.41, 5.74) is 1.87. The molecule has 2 aromatic rings. The van der Waals surface area contributed by atoms with E-state index in [-0.39, 0.29) is 5.75 Å². The molecule has 0 atom stereocenters. The first-order valence-electron chi connectivity index (χ1n) is 4.84. The van der Waals surface area contributed by atoms with Gasteiger partial charge in [0.2, 0.25) is 0 Å². The van der Waals surface area contributed by atoms with Crippen LogP contribution in [0.5, 0.6) is 11.5 Å². The van der Waals surface area contributed by atoms with Gasteiger partial charge in [0, 0.05) is 5.56 Å². The van der Waals surface area contributed by atoms with Crippen molar-refractivity contribution in [1.82, 2.24) is 0 Å². The third-order valence-electron chi connectivity index (χ3n) is 2.37. The Morgan fingerprint density at radius 3 is 2.56 bits per heavy atom. The summed E-state index contributed by atoms with van der Waals surface area (Å²) < 4.78 is 5.26. The highest BCUT2D eigenvalue weighted by Gasteiger charge is 2.06. The number of aromatic hydroxyl groups is 1. The van der Waals surface area contributed by atoms with Crippen LogP contribution in [-0.2, 0) is 0 Å². The fourth-order valence-electron chi connectivity index (χ4n) is 1.56. The molecule has 0 aromatic heterocycles. The van der Waals surface area contributed by atoms with Crippen molar-refractivity contribution in [2.75, 3.05) is 7.11 Å². The van der Waals surface area contributed by atoms with Crippen molar-refractivity contribution >= 4 is 11.6 Å². The maximum Gasteiger partial charge on any atom is 0.134 e. The van der Waals surface area contributed by atoms with Crippen molar-refractivity contribution in [1.29, 1.82) is 0 Å². The van der Waals surface area contributed by atoms with E-state index in [9.17, 15) is 5.11 Å². The Morgan fingerprint density at radius 1 is 1.12 bits per heavy atom. The highest BCUT2D eigenvalue weighted by molar-refractivity contribution is 6.32. The summed E-state index contributed by atoms with van der Waals surface area (Å²) in [5.74, 6) is 0.865. The predicted molar refractivity (Wildman–Crippen MR) is 65.1 cm³/mol. The third-order valence-corrected chi connectivity index (χ3v) is 2.67. The van der Waals surface area contributed by atoms with Gasteiger partial charge in [-0.15, -0.1) is 0 Å². The summed E-state index contributed by atoms with van der Waals surface area (Å²) in [4.78, 5) is 0. The number of halogens is 1. The van der Waals surface area contributed by atoms with Crippen LogP contribution in [0, 0.1) is 0 Å². The average Bonchev–Trinajstić information content (AvgIpc) is 2.32. The number of phenols is 1. The van der Waals surface area contributed by atoms with Crippen LogP contribution in [0.25, 0.3) is 11.1 Å². The SMILES string of the molecule is COc1ccccc1-c1ccc(O)c(Cl)c1. The molecule has 0 unspecified atom stereocenters. The maximum atomic E-state index is 9.35. The van der Waals surface area contributed by atoms with E-state index >= 15 is 0 Å². The number of benzene rings is 2. The topological polar surface area (TPSA) is 29.5 Å². The molecule has 0 saturated heterocycles. The molecule has 2 rings (SSSR count). The number of rotatable bonds is 2. The molecule has 3 heteroatoms. The first kappa shape index (κ1) is 10.8. The number of hydrogen-bond donors (Lipinski definition) is 1. The van der Waals surface area contributed by atoms with Crippen LogP contribution in [0.3, 0.4) is 0 Å². The minimum Gasteiger partial charge on any atom is -0.506 e. The average molecular weight is 235 g/mol. The zero-order valence-corrected chi connectivity index (χ0v) is 9.53. The van der Waals surface area contributed by atoms with Gasteiger partial charge in [0.1, 0.15) is 11.5 Å².